The number of hydrogen-bond donors (Lipinski definition) is 5. The second kappa shape index (κ2) is 10.0. The van der Waals surface area contributed by atoms with Gasteiger partial charge in [0.25, 0.3) is 5.91 Å². The number of anilines is 2. The summed E-state index contributed by atoms with van der Waals surface area (Å²) < 4.78 is 13.2. The number of carbonyl (C=O) groups is 2. The first-order valence-corrected chi connectivity index (χ1v) is 9.99. The highest BCUT2D eigenvalue weighted by Crippen LogP contribution is 2.35. The molecule has 2 heterocycles. The van der Waals surface area contributed by atoms with Gasteiger partial charge in [0.1, 0.15) is 17.1 Å². The first kappa shape index (κ1) is 22.2. The van der Waals surface area contributed by atoms with Gasteiger partial charge in [0.15, 0.2) is 12.0 Å². The van der Waals surface area contributed by atoms with Crippen molar-refractivity contribution in [3.05, 3.63) is 58.7 Å². The lowest BCUT2D eigenvalue weighted by molar-refractivity contribution is -0.120. The van der Waals surface area contributed by atoms with E-state index >= 15 is 0 Å². The van der Waals surface area contributed by atoms with Crippen LogP contribution >= 0.6 is 0 Å². The molecule has 1 aliphatic rings. The van der Waals surface area contributed by atoms with Crippen LogP contribution in [-0.2, 0) is 16.0 Å². The van der Waals surface area contributed by atoms with Crippen molar-refractivity contribution in [1.29, 1.82) is 0 Å². The SMILES string of the molecule is C[C@@H](CO)NC(=O)/C(C=O)=C(\O)c1ncc(Cc2ccc(F)cc2)c2c1NCCCN2. The van der Waals surface area contributed by atoms with E-state index in [4.69, 9.17) is 5.11 Å². The zero-order chi connectivity index (χ0) is 22.4. The highest BCUT2D eigenvalue weighted by molar-refractivity contribution is 6.16. The summed E-state index contributed by atoms with van der Waals surface area (Å²) in [4.78, 5) is 28.3. The minimum atomic E-state index is -0.804. The van der Waals surface area contributed by atoms with E-state index < -0.39 is 23.3 Å². The lowest BCUT2D eigenvalue weighted by atomic mass is 10.0. The second-order valence-corrected chi connectivity index (χ2v) is 7.33. The third-order valence-corrected chi connectivity index (χ3v) is 4.92. The second-order valence-electron chi connectivity index (χ2n) is 7.33. The van der Waals surface area contributed by atoms with Gasteiger partial charge < -0.3 is 26.2 Å². The molecule has 3 rings (SSSR count). The predicted molar refractivity (Wildman–Crippen MR) is 115 cm³/mol. The fourth-order valence-corrected chi connectivity index (χ4v) is 3.27. The minimum Gasteiger partial charge on any atom is -0.505 e. The highest BCUT2D eigenvalue weighted by Gasteiger charge is 2.24. The summed E-state index contributed by atoms with van der Waals surface area (Å²) >= 11 is 0. The van der Waals surface area contributed by atoms with Crippen LogP contribution < -0.4 is 16.0 Å². The molecule has 1 atom stereocenters. The number of pyridine rings is 1. The lowest BCUT2D eigenvalue weighted by Crippen LogP contribution is -2.36. The number of halogens is 1. The average molecular weight is 428 g/mol. The number of benzene rings is 1. The summed E-state index contributed by atoms with van der Waals surface area (Å²) in [6.07, 6.45) is 3.11. The van der Waals surface area contributed by atoms with E-state index in [1.807, 2.05) is 0 Å². The summed E-state index contributed by atoms with van der Waals surface area (Å²) in [6, 6.07) is 5.57. The topological polar surface area (TPSA) is 124 Å². The Bertz CT molecular complexity index is 992. The Morgan fingerprint density at radius 2 is 1.94 bits per heavy atom. The largest absolute Gasteiger partial charge is 0.505 e. The minimum absolute atomic E-state index is 0.0705. The quantitative estimate of drug-likeness (QED) is 0.150. The zero-order valence-corrected chi connectivity index (χ0v) is 17.1. The number of carbonyl (C=O) groups excluding carboxylic acids is 2. The van der Waals surface area contributed by atoms with Crippen molar-refractivity contribution >= 4 is 29.3 Å². The Balaban J connectivity index is 2.03. The van der Waals surface area contributed by atoms with Crippen molar-refractivity contribution < 1.29 is 24.2 Å². The molecule has 1 amide bonds. The van der Waals surface area contributed by atoms with Gasteiger partial charge in [0, 0.05) is 37.3 Å². The molecule has 0 saturated carbocycles. The van der Waals surface area contributed by atoms with Gasteiger partial charge in [-0.2, -0.15) is 0 Å². The number of amides is 1. The van der Waals surface area contributed by atoms with Crippen molar-refractivity contribution in [2.24, 2.45) is 0 Å². The number of nitrogens with zero attached hydrogens (tertiary/aromatic N) is 1. The van der Waals surface area contributed by atoms with Crippen molar-refractivity contribution in [2.45, 2.75) is 25.8 Å². The number of aliphatic hydroxyl groups is 2. The third-order valence-electron chi connectivity index (χ3n) is 4.92. The van der Waals surface area contributed by atoms with Crippen molar-refractivity contribution in [2.75, 3.05) is 30.3 Å². The first-order valence-electron chi connectivity index (χ1n) is 9.99. The number of nitrogens with one attached hydrogen (secondary N) is 3. The van der Waals surface area contributed by atoms with Crippen LogP contribution in [0.1, 0.15) is 30.2 Å². The molecule has 0 radical (unpaired) electrons. The molecule has 2 aromatic rings. The van der Waals surface area contributed by atoms with Crippen LogP contribution in [0.25, 0.3) is 5.76 Å². The molecule has 0 bridgehead atoms. The maximum absolute atomic E-state index is 13.2. The van der Waals surface area contributed by atoms with Crippen LogP contribution in [0.2, 0.25) is 0 Å². The van der Waals surface area contributed by atoms with Crippen LogP contribution in [0.15, 0.2) is 36.0 Å². The third kappa shape index (κ3) is 5.18. The Morgan fingerprint density at radius 1 is 1.26 bits per heavy atom. The molecule has 31 heavy (non-hydrogen) atoms. The maximum atomic E-state index is 13.2. The molecule has 164 valence electrons. The normalized spacial score (nSPS) is 14.8. The molecule has 9 heteroatoms. The monoisotopic (exact) mass is 428 g/mol. The first-order chi connectivity index (χ1) is 14.9. The number of hydrogen-bond acceptors (Lipinski definition) is 7. The summed E-state index contributed by atoms with van der Waals surface area (Å²) in [5.74, 6) is -1.68. The highest BCUT2D eigenvalue weighted by atomic mass is 19.1. The number of rotatable bonds is 7. The Labute approximate surface area is 179 Å². The molecule has 8 nitrogen and oxygen atoms in total. The van der Waals surface area contributed by atoms with E-state index in [9.17, 15) is 19.1 Å². The number of aliphatic hydroxyl groups excluding tert-OH is 2. The van der Waals surface area contributed by atoms with E-state index in [1.165, 1.54) is 12.1 Å². The fraction of sp³-hybridized carbons (Fsp3) is 0.318. The molecule has 0 spiro atoms. The van der Waals surface area contributed by atoms with E-state index in [0.717, 1.165) is 17.5 Å². The number of aromatic nitrogens is 1. The molecule has 0 saturated heterocycles. The van der Waals surface area contributed by atoms with Gasteiger partial charge in [-0.3, -0.25) is 14.6 Å². The maximum Gasteiger partial charge on any atom is 0.258 e. The lowest BCUT2D eigenvalue weighted by Gasteiger charge is -2.18. The zero-order valence-electron chi connectivity index (χ0n) is 17.1. The predicted octanol–water partition coefficient (Wildman–Crippen LogP) is 2.00. The number of aldehydes is 1. The molecular formula is C22H25FN4O4. The van der Waals surface area contributed by atoms with Crippen LogP contribution in [0.3, 0.4) is 0 Å². The molecule has 1 aromatic carbocycles. The van der Waals surface area contributed by atoms with Gasteiger partial charge in [-0.15, -0.1) is 0 Å². The smallest absolute Gasteiger partial charge is 0.258 e. The van der Waals surface area contributed by atoms with Gasteiger partial charge in [0.05, 0.1) is 18.0 Å². The molecule has 0 fully saturated rings. The Kier molecular flexibility index (Phi) is 7.19. The van der Waals surface area contributed by atoms with Gasteiger partial charge >= 0.3 is 0 Å². The molecule has 0 aliphatic carbocycles. The molecule has 1 aliphatic heterocycles. The molecule has 0 unspecified atom stereocenters. The number of fused-ring (bicyclic) bond motifs is 1. The van der Waals surface area contributed by atoms with Crippen molar-refractivity contribution in [3.8, 4) is 0 Å². The summed E-state index contributed by atoms with van der Waals surface area (Å²) in [5, 5.41) is 28.8. The molecule has 5 N–H and O–H groups in total. The van der Waals surface area contributed by atoms with Crippen LogP contribution in [-0.4, -0.2) is 53.1 Å². The van der Waals surface area contributed by atoms with Crippen molar-refractivity contribution in [1.82, 2.24) is 10.3 Å². The van der Waals surface area contributed by atoms with E-state index in [-0.39, 0.29) is 24.4 Å². The van der Waals surface area contributed by atoms with Gasteiger partial charge in [0.2, 0.25) is 0 Å². The Hall–Kier alpha value is -3.46. The van der Waals surface area contributed by atoms with Gasteiger partial charge in [-0.05, 0) is 31.0 Å². The fourth-order valence-electron chi connectivity index (χ4n) is 3.27. The van der Waals surface area contributed by atoms with Gasteiger partial charge in [-0.25, -0.2) is 4.39 Å². The Morgan fingerprint density at radius 3 is 2.58 bits per heavy atom. The van der Waals surface area contributed by atoms with Crippen LogP contribution in [0, 0.1) is 5.82 Å². The molecule has 1 aromatic heterocycles. The van der Waals surface area contributed by atoms with Gasteiger partial charge in [-0.1, -0.05) is 12.1 Å². The summed E-state index contributed by atoms with van der Waals surface area (Å²) in [7, 11) is 0. The molecular weight excluding hydrogens is 403 g/mol. The van der Waals surface area contributed by atoms with E-state index in [2.05, 4.69) is 20.9 Å². The van der Waals surface area contributed by atoms with Crippen LogP contribution in [0.4, 0.5) is 15.8 Å². The van der Waals surface area contributed by atoms with E-state index in [0.29, 0.717) is 30.9 Å². The van der Waals surface area contributed by atoms with Crippen LogP contribution in [0.5, 0.6) is 0 Å². The summed E-state index contributed by atoms with van der Waals surface area (Å²) in [5.41, 5.74) is 2.48. The average Bonchev–Trinajstić information content (AvgIpc) is 3.02. The van der Waals surface area contributed by atoms with Crippen molar-refractivity contribution in [3.63, 3.8) is 0 Å². The standard InChI is InChI=1S/C22H25FN4O4/c1-13(11-28)27-22(31)17(12-29)21(30)20-19-18(24-7-2-8-25-19)15(10-26-20)9-14-3-5-16(23)6-4-14/h3-6,10,12-13,24-25,28,30H,2,7-9,11H2,1H3,(H,27,31)/b21-17-/t13-/m0/s1. The van der Waals surface area contributed by atoms with E-state index in [1.54, 1.807) is 25.3 Å². The summed E-state index contributed by atoms with van der Waals surface area (Å²) in [6.45, 7) is 2.54.